The van der Waals surface area contributed by atoms with Gasteiger partial charge >= 0.3 is 0 Å². The number of hydrogen-bond donors (Lipinski definition) is 2. The largest absolute Gasteiger partial charge is 0.497 e. The number of aromatic nitrogens is 2. The summed E-state index contributed by atoms with van der Waals surface area (Å²) in [7, 11) is 3.82. The summed E-state index contributed by atoms with van der Waals surface area (Å²) in [6.07, 6.45) is 3.21. The van der Waals surface area contributed by atoms with Crippen LogP contribution in [0.5, 0.6) is 11.5 Å². The monoisotopic (exact) mass is 494 g/mol. The molecule has 1 spiro atoms. The molecule has 2 atom stereocenters. The highest BCUT2D eigenvalue weighted by Gasteiger charge is 2.65. The van der Waals surface area contributed by atoms with Gasteiger partial charge in [-0.25, -0.2) is 0 Å². The summed E-state index contributed by atoms with van der Waals surface area (Å²) in [4.78, 5) is 15.4. The fourth-order valence-electron chi connectivity index (χ4n) is 6.16. The number of H-pyrrole nitrogens is 1. The van der Waals surface area contributed by atoms with Crippen LogP contribution < -0.4 is 14.8 Å². The molecule has 2 fully saturated rings. The number of amides is 1. The smallest absolute Gasteiger partial charge is 0.235 e. The van der Waals surface area contributed by atoms with Crippen molar-refractivity contribution in [3.8, 4) is 22.8 Å². The molecule has 0 bridgehead atoms. The number of likely N-dealkylation sites (tertiary alicyclic amines) is 1. The number of anilines is 1. The number of rotatable bonds is 5. The van der Waals surface area contributed by atoms with Gasteiger partial charge in [0.05, 0.1) is 23.7 Å². The second-order valence-corrected chi connectivity index (χ2v) is 10.6. The number of piperidine rings is 1. The molecule has 0 unspecified atom stereocenters. The molecule has 7 heteroatoms. The van der Waals surface area contributed by atoms with Crippen molar-refractivity contribution >= 4 is 22.5 Å². The summed E-state index contributed by atoms with van der Waals surface area (Å²) in [6.45, 7) is 2.16. The fraction of sp³-hybridized carbons (Fsp3) is 0.333. The minimum Gasteiger partial charge on any atom is -0.497 e. The average molecular weight is 495 g/mol. The minimum absolute atomic E-state index is 0.0775. The molecular formula is C30H30N4O3. The molecular weight excluding hydrogens is 464 g/mol. The van der Waals surface area contributed by atoms with Gasteiger partial charge in [0, 0.05) is 35.6 Å². The van der Waals surface area contributed by atoms with E-state index in [9.17, 15) is 4.79 Å². The lowest BCUT2D eigenvalue weighted by Gasteiger charge is -2.29. The van der Waals surface area contributed by atoms with Crippen molar-refractivity contribution in [1.82, 2.24) is 15.1 Å². The van der Waals surface area contributed by atoms with Gasteiger partial charge in [-0.3, -0.25) is 9.89 Å². The highest BCUT2D eigenvalue weighted by atomic mass is 16.5. The highest BCUT2D eigenvalue weighted by molar-refractivity contribution is 6.10. The van der Waals surface area contributed by atoms with Gasteiger partial charge in [-0.2, -0.15) is 5.10 Å². The number of aromatic amines is 1. The Balaban J connectivity index is 1.12. The van der Waals surface area contributed by atoms with Crippen molar-refractivity contribution in [3.05, 3.63) is 71.8 Å². The first-order chi connectivity index (χ1) is 18.0. The third-order valence-electron chi connectivity index (χ3n) is 8.41. The van der Waals surface area contributed by atoms with Gasteiger partial charge in [-0.15, -0.1) is 0 Å². The molecule has 3 aliphatic rings. The Hall–Kier alpha value is -3.84. The molecule has 7 nitrogen and oxygen atoms in total. The predicted molar refractivity (Wildman–Crippen MR) is 143 cm³/mol. The molecule has 0 radical (unpaired) electrons. The second-order valence-electron chi connectivity index (χ2n) is 10.6. The first-order valence-electron chi connectivity index (χ1n) is 13.0. The van der Waals surface area contributed by atoms with Crippen molar-refractivity contribution in [3.63, 3.8) is 0 Å². The SMILES string of the molecule is COc1ccc2c(c1)[C@]1(C[C@H]1c1ccc3c(-c4ccc(OC5CCN(C)CC5)cc4)n[nH]c3c1)C(=O)N2. The zero-order valence-electron chi connectivity index (χ0n) is 21.1. The lowest BCUT2D eigenvalue weighted by atomic mass is 9.91. The van der Waals surface area contributed by atoms with Crippen LogP contribution in [-0.4, -0.2) is 54.4 Å². The van der Waals surface area contributed by atoms with E-state index in [2.05, 4.69) is 57.8 Å². The van der Waals surface area contributed by atoms with E-state index in [1.807, 2.05) is 30.3 Å². The Morgan fingerprint density at radius 1 is 1.00 bits per heavy atom. The number of fused-ring (bicyclic) bond motifs is 3. The average Bonchev–Trinajstić information content (AvgIpc) is 3.45. The number of hydrogen-bond acceptors (Lipinski definition) is 5. The van der Waals surface area contributed by atoms with Crippen molar-refractivity contribution in [1.29, 1.82) is 0 Å². The van der Waals surface area contributed by atoms with Crippen LogP contribution in [0.2, 0.25) is 0 Å². The van der Waals surface area contributed by atoms with Crippen LogP contribution in [0.4, 0.5) is 5.69 Å². The normalized spacial score (nSPS) is 23.3. The third-order valence-corrected chi connectivity index (χ3v) is 8.41. The molecule has 188 valence electrons. The van der Waals surface area contributed by atoms with Gasteiger partial charge in [0.2, 0.25) is 5.91 Å². The lowest BCUT2D eigenvalue weighted by Crippen LogP contribution is -2.35. The number of nitrogens with one attached hydrogen (secondary N) is 2. The standard InChI is InChI=1S/C30H30N4O3/c1-34-13-11-21(12-14-34)37-20-6-3-18(4-7-20)28-23-9-5-19(15-27(23)32-33-28)25-17-30(25)24-16-22(36-2)8-10-26(24)31-29(30)35/h3-10,15-16,21,25H,11-14,17H2,1-2H3,(H,31,35)(H,32,33)/t25-,30-/m0/s1. The quantitative estimate of drug-likeness (QED) is 0.404. The molecule has 4 aromatic rings. The summed E-state index contributed by atoms with van der Waals surface area (Å²) in [5.41, 5.74) is 5.52. The van der Waals surface area contributed by atoms with Gasteiger partial charge in [-0.05, 0) is 86.0 Å². The summed E-state index contributed by atoms with van der Waals surface area (Å²) in [5, 5.41) is 12.0. The van der Waals surface area contributed by atoms with E-state index < -0.39 is 5.41 Å². The van der Waals surface area contributed by atoms with Crippen LogP contribution in [0.15, 0.2) is 60.7 Å². The van der Waals surface area contributed by atoms with Gasteiger partial charge in [0.25, 0.3) is 0 Å². The molecule has 3 heterocycles. The molecule has 7 rings (SSSR count). The minimum atomic E-state index is -0.510. The lowest BCUT2D eigenvalue weighted by molar-refractivity contribution is -0.118. The maximum Gasteiger partial charge on any atom is 0.235 e. The van der Waals surface area contributed by atoms with Crippen LogP contribution in [0.25, 0.3) is 22.2 Å². The third kappa shape index (κ3) is 3.60. The van der Waals surface area contributed by atoms with E-state index in [4.69, 9.17) is 9.47 Å². The first-order valence-corrected chi connectivity index (χ1v) is 13.0. The van der Waals surface area contributed by atoms with Crippen molar-refractivity contribution < 1.29 is 14.3 Å². The Morgan fingerprint density at radius 2 is 1.78 bits per heavy atom. The van der Waals surface area contributed by atoms with E-state index in [0.717, 1.165) is 82.8 Å². The van der Waals surface area contributed by atoms with E-state index in [1.54, 1.807) is 7.11 Å². The molecule has 1 saturated carbocycles. The Kier molecular flexibility index (Phi) is 5.05. The summed E-state index contributed by atoms with van der Waals surface area (Å²) >= 11 is 0. The molecule has 1 aromatic heterocycles. The zero-order valence-corrected chi connectivity index (χ0v) is 21.1. The van der Waals surface area contributed by atoms with Gasteiger partial charge in [-0.1, -0.05) is 12.1 Å². The van der Waals surface area contributed by atoms with Crippen molar-refractivity contribution in [2.45, 2.75) is 36.7 Å². The molecule has 2 N–H and O–H groups in total. The maximum absolute atomic E-state index is 13.0. The first kappa shape index (κ1) is 22.4. The molecule has 1 aliphatic carbocycles. The Bertz CT molecular complexity index is 1500. The summed E-state index contributed by atoms with van der Waals surface area (Å²) < 4.78 is 11.6. The Labute approximate surface area is 215 Å². The van der Waals surface area contributed by atoms with E-state index in [1.165, 1.54) is 0 Å². The number of carbonyl (C=O) groups is 1. The van der Waals surface area contributed by atoms with E-state index >= 15 is 0 Å². The topological polar surface area (TPSA) is 79.5 Å². The molecule has 2 aliphatic heterocycles. The molecule has 1 saturated heterocycles. The van der Waals surface area contributed by atoms with Crippen LogP contribution >= 0.6 is 0 Å². The van der Waals surface area contributed by atoms with Crippen LogP contribution in [0.3, 0.4) is 0 Å². The van der Waals surface area contributed by atoms with Crippen molar-refractivity contribution in [2.75, 3.05) is 32.6 Å². The summed E-state index contributed by atoms with van der Waals surface area (Å²) in [6, 6.07) is 20.5. The molecule has 37 heavy (non-hydrogen) atoms. The Morgan fingerprint density at radius 3 is 2.57 bits per heavy atom. The molecule has 3 aromatic carbocycles. The van der Waals surface area contributed by atoms with E-state index in [0.29, 0.717) is 0 Å². The molecule has 1 amide bonds. The number of benzene rings is 3. The number of nitrogens with zero attached hydrogens (tertiary/aromatic N) is 2. The van der Waals surface area contributed by atoms with Crippen LogP contribution in [0, 0.1) is 0 Å². The summed E-state index contributed by atoms with van der Waals surface area (Å²) in [5.74, 6) is 1.89. The number of methoxy groups -OCH3 is 1. The van der Waals surface area contributed by atoms with Crippen LogP contribution in [0.1, 0.15) is 36.3 Å². The van der Waals surface area contributed by atoms with E-state index in [-0.39, 0.29) is 17.9 Å². The maximum atomic E-state index is 13.0. The van der Waals surface area contributed by atoms with Gasteiger partial charge < -0.3 is 19.7 Å². The fourth-order valence-corrected chi connectivity index (χ4v) is 6.16. The van der Waals surface area contributed by atoms with Gasteiger partial charge in [0.1, 0.15) is 17.6 Å². The predicted octanol–water partition coefficient (Wildman–Crippen LogP) is 5.09. The van der Waals surface area contributed by atoms with Gasteiger partial charge in [0.15, 0.2) is 0 Å². The number of carbonyl (C=O) groups excluding carboxylic acids is 1. The highest BCUT2D eigenvalue weighted by Crippen LogP contribution is 2.65. The van der Waals surface area contributed by atoms with Crippen LogP contribution in [-0.2, 0) is 10.2 Å². The zero-order chi connectivity index (χ0) is 25.1. The number of ether oxygens (including phenoxy) is 2. The van der Waals surface area contributed by atoms with Crippen molar-refractivity contribution in [2.24, 2.45) is 0 Å². The second kappa shape index (κ2) is 8.35.